The van der Waals surface area contributed by atoms with Gasteiger partial charge in [0.1, 0.15) is 11.5 Å². The van der Waals surface area contributed by atoms with Crippen LogP contribution in [0.25, 0.3) is 5.69 Å². The Labute approximate surface area is 124 Å². The predicted octanol–water partition coefficient (Wildman–Crippen LogP) is 1.39. The Bertz CT molecular complexity index is 912. The van der Waals surface area contributed by atoms with Crippen molar-refractivity contribution in [3.8, 4) is 5.69 Å². The summed E-state index contributed by atoms with van der Waals surface area (Å²) in [6, 6.07) is 2.41. The van der Waals surface area contributed by atoms with Gasteiger partial charge in [-0.2, -0.15) is 13.2 Å². The van der Waals surface area contributed by atoms with Gasteiger partial charge in [0.2, 0.25) is 0 Å². The van der Waals surface area contributed by atoms with Crippen molar-refractivity contribution >= 4 is 5.97 Å². The van der Waals surface area contributed by atoms with Gasteiger partial charge >= 0.3 is 17.8 Å². The minimum atomic E-state index is -4.95. The molecule has 1 heterocycles. The van der Waals surface area contributed by atoms with E-state index in [1.165, 1.54) is 0 Å². The monoisotopic (exact) mass is 332 g/mol. The summed E-state index contributed by atoms with van der Waals surface area (Å²) in [4.78, 5) is 34.7. The summed E-state index contributed by atoms with van der Waals surface area (Å²) in [6.45, 7) is 0. The minimum absolute atomic E-state index is 0.133. The lowest BCUT2D eigenvalue weighted by atomic mass is 10.2. The zero-order valence-corrected chi connectivity index (χ0v) is 11.4. The fourth-order valence-electron chi connectivity index (χ4n) is 1.94. The van der Waals surface area contributed by atoms with Crippen molar-refractivity contribution < 1.29 is 27.5 Å². The molecule has 0 aliphatic rings. The number of carboxylic acids is 1. The van der Waals surface area contributed by atoms with Crippen LogP contribution < -0.4 is 11.2 Å². The summed E-state index contributed by atoms with van der Waals surface area (Å²) < 4.78 is 52.3. The Morgan fingerprint density at radius 3 is 2.30 bits per heavy atom. The number of aromatic carboxylic acids is 1. The SMILES string of the molecule is Cn1c(C(F)(F)F)cc(=O)n(-c2cc(C(=O)O)ccc2F)c1=O. The molecule has 2 aromatic rings. The molecule has 2 rings (SSSR count). The summed E-state index contributed by atoms with van der Waals surface area (Å²) in [5, 5.41) is 8.85. The average Bonchev–Trinajstić information content (AvgIpc) is 2.43. The Kier molecular flexibility index (Phi) is 3.85. The van der Waals surface area contributed by atoms with E-state index in [0.717, 1.165) is 13.1 Å². The zero-order chi connectivity index (χ0) is 17.5. The molecule has 0 unspecified atom stereocenters. The predicted molar refractivity (Wildman–Crippen MR) is 69.2 cm³/mol. The smallest absolute Gasteiger partial charge is 0.431 e. The number of hydrogen-bond acceptors (Lipinski definition) is 3. The molecule has 23 heavy (non-hydrogen) atoms. The first-order chi connectivity index (χ1) is 10.5. The molecular weight excluding hydrogens is 324 g/mol. The van der Waals surface area contributed by atoms with Crippen LogP contribution in [0.2, 0.25) is 0 Å². The lowest BCUT2D eigenvalue weighted by molar-refractivity contribution is -0.144. The van der Waals surface area contributed by atoms with Gasteiger partial charge in [0.05, 0.1) is 11.3 Å². The van der Waals surface area contributed by atoms with Crippen molar-refractivity contribution in [1.82, 2.24) is 9.13 Å². The number of carboxylic acid groups (broad SMARTS) is 1. The van der Waals surface area contributed by atoms with Gasteiger partial charge in [-0.3, -0.25) is 9.36 Å². The molecule has 0 aliphatic heterocycles. The van der Waals surface area contributed by atoms with E-state index < -0.39 is 46.2 Å². The highest BCUT2D eigenvalue weighted by atomic mass is 19.4. The molecule has 1 N–H and O–H groups in total. The fourth-order valence-corrected chi connectivity index (χ4v) is 1.94. The molecule has 0 radical (unpaired) electrons. The number of benzene rings is 1. The number of alkyl halides is 3. The molecule has 10 heteroatoms. The molecule has 0 bridgehead atoms. The molecule has 0 saturated heterocycles. The molecule has 0 spiro atoms. The Morgan fingerprint density at radius 2 is 1.78 bits per heavy atom. The third kappa shape index (κ3) is 2.87. The van der Waals surface area contributed by atoms with E-state index in [4.69, 9.17) is 5.11 Å². The zero-order valence-electron chi connectivity index (χ0n) is 11.4. The van der Waals surface area contributed by atoms with Crippen molar-refractivity contribution in [2.24, 2.45) is 7.05 Å². The fraction of sp³-hybridized carbons (Fsp3) is 0.154. The van der Waals surface area contributed by atoms with E-state index >= 15 is 0 Å². The second-order valence-electron chi connectivity index (χ2n) is 4.51. The standard InChI is InChI=1S/C13H8F4N2O4/c1-18-9(13(15,16)17)5-10(20)19(12(18)23)8-4-6(11(21)22)2-3-7(8)14/h2-5H,1H3,(H,21,22). The summed E-state index contributed by atoms with van der Waals surface area (Å²) >= 11 is 0. The van der Waals surface area contributed by atoms with E-state index in [1.807, 2.05) is 0 Å². The van der Waals surface area contributed by atoms with Crippen molar-refractivity contribution in [3.05, 3.63) is 62.2 Å². The topological polar surface area (TPSA) is 81.3 Å². The van der Waals surface area contributed by atoms with E-state index in [1.54, 1.807) is 0 Å². The number of hydrogen-bond donors (Lipinski definition) is 1. The summed E-state index contributed by atoms with van der Waals surface area (Å²) in [7, 11) is 0.764. The van der Waals surface area contributed by atoms with E-state index in [0.29, 0.717) is 12.1 Å². The van der Waals surface area contributed by atoms with E-state index in [-0.39, 0.29) is 15.2 Å². The highest BCUT2D eigenvalue weighted by molar-refractivity contribution is 5.88. The van der Waals surface area contributed by atoms with Crippen LogP contribution in [0.1, 0.15) is 16.1 Å². The molecule has 1 aromatic heterocycles. The highest BCUT2D eigenvalue weighted by Gasteiger charge is 2.35. The highest BCUT2D eigenvalue weighted by Crippen LogP contribution is 2.27. The van der Waals surface area contributed by atoms with E-state index in [9.17, 15) is 31.9 Å². The van der Waals surface area contributed by atoms with E-state index in [2.05, 4.69) is 0 Å². The molecule has 6 nitrogen and oxygen atoms in total. The van der Waals surface area contributed by atoms with Crippen LogP contribution in [0.4, 0.5) is 17.6 Å². The Balaban J connectivity index is 2.84. The van der Waals surface area contributed by atoms with Gasteiger partial charge in [-0.1, -0.05) is 0 Å². The van der Waals surface area contributed by atoms with Gasteiger partial charge in [-0.25, -0.2) is 18.5 Å². The number of nitrogens with zero attached hydrogens (tertiary/aromatic N) is 2. The molecule has 0 atom stereocenters. The van der Waals surface area contributed by atoms with Gasteiger partial charge in [-0.15, -0.1) is 0 Å². The Morgan fingerprint density at radius 1 is 1.17 bits per heavy atom. The van der Waals surface area contributed by atoms with Gasteiger partial charge < -0.3 is 5.11 Å². The van der Waals surface area contributed by atoms with Crippen molar-refractivity contribution in [2.45, 2.75) is 6.18 Å². The van der Waals surface area contributed by atoms with Crippen LogP contribution in [-0.4, -0.2) is 20.2 Å². The van der Waals surface area contributed by atoms with Gasteiger partial charge in [0.15, 0.2) is 0 Å². The van der Waals surface area contributed by atoms with Crippen LogP contribution >= 0.6 is 0 Å². The normalized spacial score (nSPS) is 11.5. The van der Waals surface area contributed by atoms with Gasteiger partial charge in [-0.05, 0) is 18.2 Å². The van der Waals surface area contributed by atoms with Gasteiger partial charge in [0.25, 0.3) is 5.56 Å². The molecule has 0 aliphatic carbocycles. The lowest BCUT2D eigenvalue weighted by Gasteiger charge is -2.14. The summed E-state index contributed by atoms with van der Waals surface area (Å²) in [6.07, 6.45) is -4.95. The number of rotatable bonds is 2. The number of halogens is 4. The third-order valence-corrected chi connectivity index (χ3v) is 3.04. The largest absolute Gasteiger partial charge is 0.478 e. The summed E-state index contributed by atoms with van der Waals surface area (Å²) in [5.74, 6) is -2.59. The van der Waals surface area contributed by atoms with Crippen LogP contribution in [0.15, 0.2) is 33.9 Å². The number of carbonyl (C=O) groups is 1. The van der Waals surface area contributed by atoms with Gasteiger partial charge in [0, 0.05) is 13.1 Å². The maximum Gasteiger partial charge on any atom is 0.431 e. The van der Waals surface area contributed by atoms with Crippen molar-refractivity contribution in [2.75, 3.05) is 0 Å². The molecule has 122 valence electrons. The first-order valence-corrected chi connectivity index (χ1v) is 5.97. The number of aromatic nitrogens is 2. The van der Waals surface area contributed by atoms with Crippen LogP contribution in [0.3, 0.4) is 0 Å². The third-order valence-electron chi connectivity index (χ3n) is 3.04. The molecule has 0 saturated carbocycles. The lowest BCUT2D eigenvalue weighted by Crippen LogP contribution is -2.41. The first-order valence-electron chi connectivity index (χ1n) is 5.97. The first kappa shape index (κ1) is 16.5. The van der Waals surface area contributed by atoms with Crippen LogP contribution in [0, 0.1) is 5.82 Å². The summed E-state index contributed by atoms with van der Waals surface area (Å²) in [5.41, 5.74) is -5.56. The van der Waals surface area contributed by atoms with Crippen molar-refractivity contribution in [1.29, 1.82) is 0 Å². The Hall–Kier alpha value is -2.91. The van der Waals surface area contributed by atoms with Crippen LogP contribution in [0.5, 0.6) is 0 Å². The van der Waals surface area contributed by atoms with Crippen molar-refractivity contribution in [3.63, 3.8) is 0 Å². The molecular formula is C13H8F4N2O4. The maximum absolute atomic E-state index is 13.8. The molecule has 1 aromatic carbocycles. The molecule has 0 fully saturated rings. The quantitative estimate of drug-likeness (QED) is 0.843. The average molecular weight is 332 g/mol. The second kappa shape index (κ2) is 5.38. The molecule has 0 amide bonds. The second-order valence-corrected chi connectivity index (χ2v) is 4.51. The van der Waals surface area contributed by atoms with Crippen LogP contribution in [-0.2, 0) is 13.2 Å². The maximum atomic E-state index is 13.8. The minimum Gasteiger partial charge on any atom is -0.478 e.